The van der Waals surface area contributed by atoms with Gasteiger partial charge in [-0.1, -0.05) is 0 Å². The molecule has 0 heterocycles. The van der Waals surface area contributed by atoms with Gasteiger partial charge in [0.2, 0.25) is 0 Å². The molecule has 0 bridgehead atoms. The van der Waals surface area contributed by atoms with Crippen molar-refractivity contribution in [3.8, 4) is 0 Å². The largest absolute Gasteiger partial charge is 3.00 e. The van der Waals surface area contributed by atoms with Crippen molar-refractivity contribution in [2.75, 3.05) is 0 Å². The molecule has 0 aromatic rings. The fourth-order valence-electron chi connectivity index (χ4n) is 0. The smallest absolute Gasteiger partial charge is 2.00 e. The third-order valence-corrected chi connectivity index (χ3v) is 0. The molecule has 0 amide bonds. The van der Waals surface area contributed by atoms with Crippen molar-refractivity contribution in [1.82, 2.24) is 0 Å². The summed E-state index contributed by atoms with van der Waals surface area (Å²) in [6.45, 7) is 0. The van der Waals surface area contributed by atoms with Crippen LogP contribution in [-0.2, 0) is 33.3 Å². The van der Waals surface area contributed by atoms with Crippen molar-refractivity contribution in [1.29, 1.82) is 0 Å². The zero-order valence-electron chi connectivity index (χ0n) is 1.57. The van der Waals surface area contributed by atoms with E-state index in [4.69, 9.17) is 0 Å². The first kappa shape index (κ1) is 50.3. The molecule has 0 rings (SSSR count). The van der Waals surface area contributed by atoms with Gasteiger partial charge >= 0.3 is 46.8 Å². The van der Waals surface area contributed by atoms with Crippen molar-refractivity contribution in [2.45, 2.75) is 0 Å². The van der Waals surface area contributed by atoms with Crippen molar-refractivity contribution < 1.29 is 33.3 Å². The van der Waals surface area contributed by atoms with Gasteiger partial charge in [0, 0.05) is 0 Å². The van der Waals surface area contributed by atoms with Gasteiger partial charge in [0.25, 0.3) is 0 Å². The van der Waals surface area contributed by atoms with Crippen molar-refractivity contribution in [3.05, 3.63) is 0 Å². The maximum absolute atomic E-state index is 0. The molecule has 0 N–H and O–H groups in total. The SMILES string of the molecule is [Ag+].[O-2].[O-2].[Sb+3]. The fraction of sp³-hybridized carbons (Fsp3) is 0. The summed E-state index contributed by atoms with van der Waals surface area (Å²) in [5, 5.41) is 0. The Bertz CT molecular complexity index is 6.00. The Morgan fingerprint density at radius 1 is 0.750 bits per heavy atom. The van der Waals surface area contributed by atoms with E-state index in [1.165, 1.54) is 0 Å². The molecular weight excluding hydrogens is 262 g/mol. The normalized spacial score (nSPS) is 0. The molecule has 0 aromatic carbocycles. The van der Waals surface area contributed by atoms with E-state index in [2.05, 4.69) is 0 Å². The third kappa shape index (κ3) is 9.78. The topological polar surface area (TPSA) is 57.0 Å². The Morgan fingerprint density at radius 2 is 0.750 bits per heavy atom. The summed E-state index contributed by atoms with van der Waals surface area (Å²) in [5.74, 6) is 0. The second kappa shape index (κ2) is 24.8. The van der Waals surface area contributed by atoms with E-state index in [0.717, 1.165) is 0 Å². The minimum Gasteiger partial charge on any atom is -2.00 e. The van der Waals surface area contributed by atoms with Gasteiger partial charge in [-0.15, -0.1) is 0 Å². The van der Waals surface area contributed by atoms with Crippen LogP contribution in [0.4, 0.5) is 0 Å². The summed E-state index contributed by atoms with van der Waals surface area (Å²) in [7, 11) is 0. The second-order valence-corrected chi connectivity index (χ2v) is 0. The van der Waals surface area contributed by atoms with E-state index in [9.17, 15) is 0 Å². The monoisotopic (exact) mass is 260 g/mol. The summed E-state index contributed by atoms with van der Waals surface area (Å²) in [5.41, 5.74) is 0. The molecule has 0 spiro atoms. The van der Waals surface area contributed by atoms with Crippen LogP contribution in [0.3, 0.4) is 0 Å². The van der Waals surface area contributed by atoms with E-state index in [1.807, 2.05) is 0 Å². The molecule has 2 nitrogen and oxygen atoms in total. The molecule has 4 heavy (non-hydrogen) atoms. The molecule has 0 fully saturated rings. The van der Waals surface area contributed by atoms with Gasteiger partial charge in [-0.2, -0.15) is 0 Å². The molecule has 0 atom stereocenters. The Labute approximate surface area is 57.5 Å². The van der Waals surface area contributed by atoms with Crippen LogP contribution in [0.15, 0.2) is 0 Å². The maximum atomic E-state index is 0. The van der Waals surface area contributed by atoms with Gasteiger partial charge in [0.15, 0.2) is 0 Å². The summed E-state index contributed by atoms with van der Waals surface area (Å²) in [6, 6.07) is 0. The van der Waals surface area contributed by atoms with Gasteiger partial charge < -0.3 is 11.0 Å². The van der Waals surface area contributed by atoms with E-state index in [-0.39, 0.29) is 57.8 Å². The number of hydrogen-bond donors (Lipinski definition) is 0. The number of hydrogen-bond acceptors (Lipinski definition) is 0. The quantitative estimate of drug-likeness (QED) is 0.522. The molecule has 0 aliphatic rings. The zero-order chi connectivity index (χ0) is 0. The first-order chi connectivity index (χ1) is 0. The summed E-state index contributed by atoms with van der Waals surface area (Å²) in [4.78, 5) is 0. The molecular formula is AgO2Sb. The predicted octanol–water partition coefficient (Wildman–Crippen LogP) is -0.621. The Hall–Kier alpha value is 1.48. The van der Waals surface area contributed by atoms with Crippen LogP contribution in [0.1, 0.15) is 0 Å². The van der Waals surface area contributed by atoms with Crippen LogP contribution >= 0.6 is 0 Å². The molecule has 0 aromatic heterocycles. The molecule has 2 radical (unpaired) electrons. The predicted molar refractivity (Wildman–Crippen MR) is 7.13 cm³/mol. The molecule has 0 unspecified atom stereocenters. The Morgan fingerprint density at radius 3 is 0.750 bits per heavy atom. The summed E-state index contributed by atoms with van der Waals surface area (Å²) < 4.78 is 0. The summed E-state index contributed by atoms with van der Waals surface area (Å²) >= 11 is 0. The zero-order valence-corrected chi connectivity index (χ0v) is 5.60. The van der Waals surface area contributed by atoms with Crippen molar-refractivity contribution in [3.63, 3.8) is 0 Å². The van der Waals surface area contributed by atoms with Gasteiger partial charge in [0.1, 0.15) is 0 Å². The van der Waals surface area contributed by atoms with Crippen molar-refractivity contribution in [2.24, 2.45) is 0 Å². The van der Waals surface area contributed by atoms with E-state index >= 15 is 0 Å². The van der Waals surface area contributed by atoms with Crippen molar-refractivity contribution >= 4 is 24.4 Å². The van der Waals surface area contributed by atoms with Crippen LogP contribution in [-0.4, -0.2) is 24.4 Å². The Kier molecular flexibility index (Phi) is 312. The van der Waals surface area contributed by atoms with E-state index in [0.29, 0.717) is 0 Å². The van der Waals surface area contributed by atoms with Crippen LogP contribution in [0, 0.1) is 0 Å². The second-order valence-electron chi connectivity index (χ2n) is 0. The maximum Gasteiger partial charge on any atom is 3.00 e. The van der Waals surface area contributed by atoms with Crippen LogP contribution < -0.4 is 0 Å². The Balaban J connectivity index is 0. The average molecular weight is 262 g/mol. The fourth-order valence-corrected chi connectivity index (χ4v) is 0. The van der Waals surface area contributed by atoms with Gasteiger partial charge in [-0.25, -0.2) is 0 Å². The first-order valence-corrected chi connectivity index (χ1v) is 0. The van der Waals surface area contributed by atoms with E-state index in [1.54, 1.807) is 0 Å². The minimum absolute atomic E-state index is 0. The van der Waals surface area contributed by atoms with Gasteiger partial charge in [-0.05, 0) is 0 Å². The molecule has 0 aliphatic heterocycles. The number of rotatable bonds is 0. The van der Waals surface area contributed by atoms with Crippen LogP contribution in [0.5, 0.6) is 0 Å². The van der Waals surface area contributed by atoms with Gasteiger partial charge in [-0.3, -0.25) is 0 Å². The van der Waals surface area contributed by atoms with Gasteiger partial charge in [0.05, 0.1) is 0 Å². The van der Waals surface area contributed by atoms with E-state index < -0.39 is 0 Å². The third-order valence-electron chi connectivity index (χ3n) is 0. The standard InChI is InChI=1S/Ag.2O.Sb/q+1;2*-2;+3. The molecule has 0 saturated carbocycles. The first-order valence-electron chi connectivity index (χ1n) is 0. The minimum atomic E-state index is 0. The molecule has 0 aliphatic carbocycles. The molecule has 0 saturated heterocycles. The van der Waals surface area contributed by atoms with Crippen LogP contribution in [0.2, 0.25) is 0 Å². The molecule has 4 heteroatoms. The van der Waals surface area contributed by atoms with Crippen LogP contribution in [0.25, 0.3) is 0 Å². The summed E-state index contributed by atoms with van der Waals surface area (Å²) in [6.07, 6.45) is 0. The average Bonchev–Trinajstić information content (AvgIpc) is 0. The molecule has 28 valence electrons.